The number of rotatable bonds is 5. The zero-order chi connectivity index (χ0) is 24.5. The van der Waals surface area contributed by atoms with Gasteiger partial charge in [0.15, 0.2) is 10.8 Å². The van der Waals surface area contributed by atoms with E-state index in [1.54, 1.807) is 0 Å². The van der Waals surface area contributed by atoms with Gasteiger partial charge in [0.2, 0.25) is 11.1 Å². The number of carbonyl (C=O) groups excluding carboxylic acids is 1. The van der Waals surface area contributed by atoms with E-state index in [0.717, 1.165) is 37.8 Å². The number of hydrogen-bond acceptors (Lipinski definition) is 8. The van der Waals surface area contributed by atoms with Crippen molar-refractivity contribution in [1.82, 2.24) is 25.1 Å². The largest absolute Gasteiger partial charge is 0.327 e. The van der Waals surface area contributed by atoms with Crippen LogP contribution in [0.1, 0.15) is 24.5 Å². The molecule has 1 N–H and O–H groups in total. The lowest BCUT2D eigenvalue weighted by molar-refractivity contribution is -0.119. The van der Waals surface area contributed by atoms with E-state index in [1.807, 2.05) is 48.9 Å². The number of aryl methyl sites for hydroxylation is 2. The second-order valence-electron chi connectivity index (χ2n) is 8.10. The first-order chi connectivity index (χ1) is 16.9. The van der Waals surface area contributed by atoms with Crippen molar-refractivity contribution in [1.29, 1.82) is 0 Å². The highest BCUT2D eigenvalue weighted by Gasteiger charge is 2.23. The number of nitrogens with one attached hydrogen (secondary N) is 1. The normalized spacial score (nSPS) is 14.6. The first-order valence-electron chi connectivity index (χ1n) is 11.0. The van der Waals surface area contributed by atoms with Crippen LogP contribution in [0.2, 0.25) is 0 Å². The molecule has 8 nitrogen and oxygen atoms in total. The van der Waals surface area contributed by atoms with Crippen LogP contribution in [-0.2, 0) is 11.8 Å². The third-order valence-corrected chi connectivity index (χ3v) is 8.26. The third-order valence-electron chi connectivity index (χ3n) is 5.67. The van der Waals surface area contributed by atoms with Gasteiger partial charge in [0.25, 0.3) is 0 Å². The molecule has 11 heteroatoms. The van der Waals surface area contributed by atoms with Crippen LogP contribution in [0.3, 0.4) is 0 Å². The van der Waals surface area contributed by atoms with Crippen molar-refractivity contribution in [3.05, 3.63) is 58.1 Å². The van der Waals surface area contributed by atoms with E-state index in [9.17, 15) is 4.79 Å². The summed E-state index contributed by atoms with van der Waals surface area (Å²) in [5.41, 5.74) is 5.63. The fourth-order valence-corrected chi connectivity index (χ4v) is 5.69. The predicted octanol–water partition coefficient (Wildman–Crippen LogP) is 5.08. The number of amidine groups is 1. The molecule has 3 heterocycles. The molecule has 1 unspecified atom stereocenters. The number of thioether (sulfide) groups is 2. The van der Waals surface area contributed by atoms with Gasteiger partial charge in [0.1, 0.15) is 5.52 Å². The van der Waals surface area contributed by atoms with Crippen molar-refractivity contribution < 1.29 is 4.79 Å². The fourth-order valence-electron chi connectivity index (χ4n) is 3.75. The van der Waals surface area contributed by atoms with E-state index in [-0.39, 0.29) is 11.2 Å². The Morgan fingerprint density at radius 2 is 2.00 bits per heavy atom. The van der Waals surface area contributed by atoms with Crippen LogP contribution in [-0.4, -0.2) is 47.5 Å². The number of fused-ring (bicyclic) bond motifs is 3. The molecule has 0 bridgehead atoms. The van der Waals surface area contributed by atoms with Crippen LogP contribution in [0, 0.1) is 6.92 Å². The van der Waals surface area contributed by atoms with E-state index in [2.05, 4.69) is 60.7 Å². The zero-order valence-corrected chi connectivity index (χ0v) is 22.5. The summed E-state index contributed by atoms with van der Waals surface area (Å²) < 4.78 is 2.97. The molecule has 4 aromatic rings. The van der Waals surface area contributed by atoms with Gasteiger partial charge in [-0.25, -0.2) is 4.98 Å². The molecule has 35 heavy (non-hydrogen) atoms. The first kappa shape index (κ1) is 24.0. The highest BCUT2D eigenvalue weighted by atomic mass is 79.9. The van der Waals surface area contributed by atoms with Gasteiger partial charge >= 0.3 is 0 Å². The molecule has 2 aromatic heterocycles. The quantitative estimate of drug-likeness (QED) is 0.337. The fraction of sp³-hybridized carbons (Fsp3) is 0.250. The summed E-state index contributed by atoms with van der Waals surface area (Å²) >= 11 is 6.28. The van der Waals surface area contributed by atoms with Gasteiger partial charge in [0, 0.05) is 22.7 Å². The van der Waals surface area contributed by atoms with Crippen LogP contribution >= 0.6 is 39.5 Å². The summed E-state index contributed by atoms with van der Waals surface area (Å²) in [6, 6.07) is 14.2. The number of nitrogens with zero attached hydrogens (tertiary/aromatic N) is 6. The summed E-state index contributed by atoms with van der Waals surface area (Å²) in [5, 5.41) is 21.7. The van der Waals surface area contributed by atoms with Gasteiger partial charge in [0.05, 0.1) is 16.5 Å². The van der Waals surface area contributed by atoms with Crippen LogP contribution in [0.4, 0.5) is 0 Å². The van der Waals surface area contributed by atoms with Gasteiger partial charge in [-0.3, -0.25) is 4.79 Å². The highest BCUT2D eigenvalue weighted by molar-refractivity contribution is 9.10. The second-order valence-corrected chi connectivity index (χ2v) is 11.1. The smallest absolute Gasteiger partial charge is 0.239 e. The van der Waals surface area contributed by atoms with E-state index in [1.165, 1.54) is 29.1 Å². The Hall–Kier alpha value is -2.76. The molecule has 0 saturated heterocycles. The average Bonchev–Trinajstić information content (AvgIpc) is 3.14. The van der Waals surface area contributed by atoms with Gasteiger partial charge in [-0.15, -0.1) is 15.3 Å². The van der Waals surface area contributed by atoms with Crippen molar-refractivity contribution >= 4 is 78.3 Å². The lowest BCUT2D eigenvalue weighted by Gasteiger charge is -2.16. The summed E-state index contributed by atoms with van der Waals surface area (Å²) in [4.78, 5) is 17.7. The monoisotopic (exact) mass is 567 g/mol. The van der Waals surface area contributed by atoms with E-state index in [4.69, 9.17) is 4.98 Å². The molecule has 0 radical (unpaired) electrons. The number of hydrogen-bond donors (Lipinski definition) is 1. The Morgan fingerprint density at radius 3 is 2.71 bits per heavy atom. The molecule has 1 aliphatic rings. The lowest BCUT2D eigenvalue weighted by Crippen LogP contribution is -2.37. The molecule has 0 spiro atoms. The van der Waals surface area contributed by atoms with Crippen molar-refractivity contribution in [2.24, 2.45) is 17.3 Å². The zero-order valence-electron chi connectivity index (χ0n) is 19.3. The summed E-state index contributed by atoms with van der Waals surface area (Å²) in [7, 11) is 1.95. The Morgan fingerprint density at radius 1 is 1.20 bits per heavy atom. The molecule has 0 saturated carbocycles. The van der Waals surface area contributed by atoms with Crippen LogP contribution in [0.25, 0.3) is 22.1 Å². The summed E-state index contributed by atoms with van der Waals surface area (Å²) in [6.07, 6.45) is 0.607. The van der Waals surface area contributed by atoms with Crippen molar-refractivity contribution in [3.63, 3.8) is 0 Å². The van der Waals surface area contributed by atoms with E-state index < -0.39 is 0 Å². The first-order valence-corrected chi connectivity index (χ1v) is 13.7. The molecule has 1 aliphatic heterocycles. The average molecular weight is 569 g/mol. The van der Waals surface area contributed by atoms with Crippen LogP contribution in [0.15, 0.2) is 62.3 Å². The molecule has 1 amide bonds. The molecule has 0 aliphatic carbocycles. The maximum Gasteiger partial charge on any atom is 0.239 e. The maximum atomic E-state index is 13.0. The SMILES string of the molecule is CCC(Sc1nnc2c3cc(Br)ccc3n(C)c2n1)C(=O)NC1=NN=C(c2ccc(C)cc2)CS1. The minimum atomic E-state index is -0.385. The second kappa shape index (κ2) is 10.1. The number of carbonyl (C=O) groups is 1. The van der Waals surface area contributed by atoms with Crippen molar-refractivity contribution in [2.75, 3.05) is 5.75 Å². The number of aromatic nitrogens is 4. The van der Waals surface area contributed by atoms with Gasteiger partial charge in [-0.05, 0) is 37.1 Å². The Labute approximate surface area is 219 Å². The standard InChI is InChI=1S/C24H22BrN7OS2/c1-4-19(22(33)27-23-30-28-17(12-34-23)14-7-5-13(2)6-8-14)35-24-26-21-20(29-31-24)16-11-15(25)9-10-18(16)32(21)3/h5-11,19H,4,12H2,1-3H3,(H,27,30,33). The minimum absolute atomic E-state index is 0.151. The molecule has 1 atom stereocenters. The Balaban J connectivity index is 1.31. The predicted molar refractivity (Wildman–Crippen MR) is 147 cm³/mol. The minimum Gasteiger partial charge on any atom is -0.327 e. The summed E-state index contributed by atoms with van der Waals surface area (Å²) in [5.74, 6) is 0.495. The van der Waals surface area contributed by atoms with Gasteiger partial charge in [-0.1, -0.05) is 76.2 Å². The number of benzene rings is 2. The van der Waals surface area contributed by atoms with Gasteiger partial charge < -0.3 is 9.88 Å². The van der Waals surface area contributed by atoms with E-state index >= 15 is 0 Å². The van der Waals surface area contributed by atoms with Crippen molar-refractivity contribution in [2.45, 2.75) is 30.7 Å². The third kappa shape index (κ3) is 4.98. The van der Waals surface area contributed by atoms with Crippen LogP contribution in [0.5, 0.6) is 0 Å². The molecule has 2 aromatic carbocycles. The van der Waals surface area contributed by atoms with Crippen molar-refractivity contribution in [3.8, 4) is 0 Å². The van der Waals surface area contributed by atoms with E-state index in [0.29, 0.717) is 22.5 Å². The summed E-state index contributed by atoms with van der Waals surface area (Å²) in [6.45, 7) is 4.01. The molecular formula is C24H22BrN7OS2. The molecule has 0 fully saturated rings. The van der Waals surface area contributed by atoms with Gasteiger partial charge in [-0.2, -0.15) is 5.10 Å². The number of amides is 1. The maximum absolute atomic E-state index is 13.0. The molecule has 5 rings (SSSR count). The number of halogens is 1. The molecular weight excluding hydrogens is 546 g/mol. The lowest BCUT2D eigenvalue weighted by atomic mass is 10.1. The highest BCUT2D eigenvalue weighted by Crippen LogP contribution is 2.30. The molecule has 178 valence electrons. The Bertz CT molecular complexity index is 1500. The Kier molecular flexibility index (Phi) is 6.90. The topological polar surface area (TPSA) is 97.4 Å². The van der Waals surface area contributed by atoms with Crippen LogP contribution < -0.4 is 5.32 Å².